The molecule has 0 saturated heterocycles. The summed E-state index contributed by atoms with van der Waals surface area (Å²) in [6, 6.07) is 13.5. The van der Waals surface area contributed by atoms with Crippen molar-refractivity contribution in [3.8, 4) is 10.4 Å². The van der Waals surface area contributed by atoms with Crippen molar-refractivity contribution in [2.24, 2.45) is 0 Å². The molecule has 3 aromatic rings. The quantitative estimate of drug-likeness (QED) is 0.485. The van der Waals surface area contributed by atoms with E-state index >= 15 is 0 Å². The Balaban J connectivity index is 2.31. The lowest BCUT2D eigenvalue weighted by molar-refractivity contribution is -0.384. The number of nitro groups is 1. The van der Waals surface area contributed by atoms with Crippen molar-refractivity contribution >= 4 is 27.1 Å². The number of thiophene rings is 1. The highest BCUT2D eigenvalue weighted by molar-refractivity contribution is 7.22. The molecule has 0 radical (unpaired) electrons. The van der Waals surface area contributed by atoms with Gasteiger partial charge in [-0.15, -0.1) is 11.3 Å². The Morgan fingerprint density at radius 1 is 1.10 bits per heavy atom. The van der Waals surface area contributed by atoms with E-state index < -0.39 is 0 Å². The molecule has 0 N–H and O–H groups in total. The van der Waals surface area contributed by atoms with Crippen LogP contribution in [0.5, 0.6) is 0 Å². The average molecular weight is 283 g/mol. The molecule has 0 aliphatic carbocycles. The molecule has 3 nitrogen and oxygen atoms in total. The molecular formula is C16H13NO2S. The van der Waals surface area contributed by atoms with E-state index in [0.29, 0.717) is 5.56 Å². The summed E-state index contributed by atoms with van der Waals surface area (Å²) in [5, 5.41) is 12.5. The molecule has 0 aliphatic heterocycles. The van der Waals surface area contributed by atoms with Gasteiger partial charge in [0, 0.05) is 15.6 Å². The van der Waals surface area contributed by atoms with Crippen LogP contribution in [0, 0.1) is 24.0 Å². The van der Waals surface area contributed by atoms with Gasteiger partial charge in [0.25, 0.3) is 5.69 Å². The maximum Gasteiger partial charge on any atom is 0.278 e. The number of nitrogens with zero attached hydrogens (tertiary/aromatic N) is 1. The minimum Gasteiger partial charge on any atom is -0.258 e. The van der Waals surface area contributed by atoms with Crippen molar-refractivity contribution in [3.05, 3.63) is 63.7 Å². The second-order valence-corrected chi connectivity index (χ2v) is 5.88. The van der Waals surface area contributed by atoms with E-state index in [2.05, 4.69) is 12.1 Å². The zero-order valence-corrected chi connectivity index (χ0v) is 12.0. The third-order valence-electron chi connectivity index (χ3n) is 3.44. The zero-order valence-electron chi connectivity index (χ0n) is 11.2. The first-order valence-electron chi connectivity index (χ1n) is 6.31. The number of aryl methyl sites for hydroxylation is 2. The topological polar surface area (TPSA) is 43.1 Å². The molecule has 0 saturated carbocycles. The first-order valence-corrected chi connectivity index (χ1v) is 7.13. The fourth-order valence-electron chi connectivity index (χ4n) is 2.42. The molecule has 1 heterocycles. The fourth-order valence-corrected chi connectivity index (χ4v) is 3.66. The third-order valence-corrected chi connectivity index (χ3v) is 4.74. The monoisotopic (exact) mass is 283 g/mol. The largest absolute Gasteiger partial charge is 0.278 e. The summed E-state index contributed by atoms with van der Waals surface area (Å²) < 4.78 is 1.16. The average Bonchev–Trinajstić information content (AvgIpc) is 2.76. The van der Waals surface area contributed by atoms with Gasteiger partial charge in [0.15, 0.2) is 0 Å². The highest BCUT2D eigenvalue weighted by Gasteiger charge is 2.19. The van der Waals surface area contributed by atoms with Crippen LogP contribution in [0.4, 0.5) is 5.69 Å². The SMILES string of the molecule is Cc1ccc(-c2sc3ccccc3c2C)c([N+](=O)[O-])c1. The van der Waals surface area contributed by atoms with Gasteiger partial charge in [0.2, 0.25) is 0 Å². The molecule has 0 amide bonds. The fraction of sp³-hybridized carbons (Fsp3) is 0.125. The number of rotatable bonds is 2. The van der Waals surface area contributed by atoms with Gasteiger partial charge in [-0.3, -0.25) is 10.1 Å². The van der Waals surface area contributed by atoms with Crippen molar-refractivity contribution in [3.63, 3.8) is 0 Å². The summed E-state index contributed by atoms with van der Waals surface area (Å²) in [5.74, 6) is 0. The second-order valence-electron chi connectivity index (χ2n) is 4.83. The first kappa shape index (κ1) is 12.8. The molecule has 0 bridgehead atoms. The molecular weight excluding hydrogens is 270 g/mol. The van der Waals surface area contributed by atoms with Crippen molar-refractivity contribution in [1.29, 1.82) is 0 Å². The van der Waals surface area contributed by atoms with Crippen LogP contribution < -0.4 is 0 Å². The number of hydrogen-bond acceptors (Lipinski definition) is 3. The van der Waals surface area contributed by atoms with Gasteiger partial charge in [0.1, 0.15) is 0 Å². The van der Waals surface area contributed by atoms with Gasteiger partial charge in [-0.25, -0.2) is 0 Å². The molecule has 3 rings (SSSR count). The lowest BCUT2D eigenvalue weighted by Crippen LogP contribution is -1.92. The van der Waals surface area contributed by atoms with Gasteiger partial charge in [0.05, 0.1) is 10.5 Å². The number of benzene rings is 2. The molecule has 0 atom stereocenters. The van der Waals surface area contributed by atoms with Crippen LogP contribution in [0.25, 0.3) is 20.5 Å². The van der Waals surface area contributed by atoms with Crippen LogP contribution in [0.15, 0.2) is 42.5 Å². The molecule has 2 aromatic carbocycles. The minimum absolute atomic E-state index is 0.180. The van der Waals surface area contributed by atoms with Crippen molar-refractivity contribution in [2.75, 3.05) is 0 Å². The minimum atomic E-state index is -0.299. The number of fused-ring (bicyclic) bond motifs is 1. The van der Waals surface area contributed by atoms with Crippen LogP contribution in [0.1, 0.15) is 11.1 Å². The normalized spacial score (nSPS) is 10.9. The second kappa shape index (κ2) is 4.72. The third kappa shape index (κ3) is 1.98. The van der Waals surface area contributed by atoms with Gasteiger partial charge in [-0.05, 0) is 42.5 Å². The van der Waals surface area contributed by atoms with Crippen molar-refractivity contribution in [1.82, 2.24) is 0 Å². The molecule has 20 heavy (non-hydrogen) atoms. The molecule has 100 valence electrons. The van der Waals surface area contributed by atoms with Crippen LogP contribution in [0.3, 0.4) is 0 Å². The Morgan fingerprint density at radius 2 is 1.85 bits per heavy atom. The van der Waals surface area contributed by atoms with Gasteiger partial charge in [-0.2, -0.15) is 0 Å². The summed E-state index contributed by atoms with van der Waals surface area (Å²) in [5.41, 5.74) is 2.90. The summed E-state index contributed by atoms with van der Waals surface area (Å²) in [4.78, 5) is 12.0. The Morgan fingerprint density at radius 3 is 2.55 bits per heavy atom. The Labute approximate surface area is 120 Å². The summed E-state index contributed by atoms with van der Waals surface area (Å²) >= 11 is 1.61. The predicted molar refractivity (Wildman–Crippen MR) is 83.4 cm³/mol. The van der Waals surface area contributed by atoms with Crippen LogP contribution in [0.2, 0.25) is 0 Å². The standard InChI is InChI=1S/C16H13NO2S/c1-10-7-8-13(14(9-10)17(18)19)16-11(2)12-5-3-4-6-15(12)20-16/h3-9H,1-2H3. The highest BCUT2D eigenvalue weighted by Crippen LogP contribution is 2.41. The number of hydrogen-bond donors (Lipinski definition) is 0. The molecule has 0 aliphatic rings. The molecule has 4 heteroatoms. The van der Waals surface area contributed by atoms with E-state index in [1.165, 1.54) is 5.39 Å². The molecule has 1 aromatic heterocycles. The van der Waals surface area contributed by atoms with Gasteiger partial charge < -0.3 is 0 Å². The maximum absolute atomic E-state index is 11.3. The van der Waals surface area contributed by atoms with Crippen LogP contribution >= 0.6 is 11.3 Å². The van der Waals surface area contributed by atoms with Crippen LogP contribution in [-0.2, 0) is 0 Å². The highest BCUT2D eigenvalue weighted by atomic mass is 32.1. The zero-order chi connectivity index (χ0) is 14.3. The van der Waals surface area contributed by atoms with E-state index in [0.717, 1.165) is 20.7 Å². The van der Waals surface area contributed by atoms with Gasteiger partial charge in [-0.1, -0.05) is 24.3 Å². The van der Waals surface area contributed by atoms with Gasteiger partial charge >= 0.3 is 0 Å². The van der Waals surface area contributed by atoms with E-state index in [1.54, 1.807) is 17.4 Å². The maximum atomic E-state index is 11.3. The number of nitro benzene ring substituents is 1. The summed E-state index contributed by atoms with van der Waals surface area (Å²) in [6.07, 6.45) is 0. The molecule has 0 fully saturated rings. The summed E-state index contributed by atoms with van der Waals surface area (Å²) in [6.45, 7) is 3.90. The van der Waals surface area contributed by atoms with E-state index in [-0.39, 0.29) is 10.6 Å². The predicted octanol–water partition coefficient (Wildman–Crippen LogP) is 5.09. The van der Waals surface area contributed by atoms with E-state index in [4.69, 9.17) is 0 Å². The van der Waals surface area contributed by atoms with Crippen molar-refractivity contribution in [2.45, 2.75) is 13.8 Å². The van der Waals surface area contributed by atoms with E-state index in [1.807, 2.05) is 38.1 Å². The Bertz CT molecular complexity index is 820. The van der Waals surface area contributed by atoms with Crippen LogP contribution in [-0.4, -0.2) is 4.92 Å². The Kier molecular flexibility index (Phi) is 3.03. The Hall–Kier alpha value is -2.20. The van der Waals surface area contributed by atoms with Crippen molar-refractivity contribution < 1.29 is 4.92 Å². The molecule has 0 spiro atoms. The molecule has 0 unspecified atom stereocenters. The summed E-state index contributed by atoms with van der Waals surface area (Å²) in [7, 11) is 0. The smallest absolute Gasteiger partial charge is 0.258 e. The first-order chi connectivity index (χ1) is 9.58. The van der Waals surface area contributed by atoms with E-state index in [9.17, 15) is 10.1 Å². The lowest BCUT2D eigenvalue weighted by Gasteiger charge is -2.03. The lowest BCUT2D eigenvalue weighted by atomic mass is 10.0.